The molecule has 0 aliphatic rings. The van der Waals surface area contributed by atoms with E-state index in [9.17, 15) is 4.39 Å². The summed E-state index contributed by atoms with van der Waals surface area (Å²) in [6.07, 6.45) is 3.30. The first-order chi connectivity index (χ1) is 8.50. The van der Waals surface area contributed by atoms with Crippen molar-refractivity contribution in [2.45, 2.75) is 40.0 Å². The van der Waals surface area contributed by atoms with Gasteiger partial charge in [-0.25, -0.2) is 4.39 Å². The molecule has 3 heteroatoms. The molecule has 0 aliphatic carbocycles. The summed E-state index contributed by atoms with van der Waals surface area (Å²) in [5.74, 6) is -0.186. The minimum Gasteiger partial charge on any atom is -0.316 e. The number of halogens is 2. The van der Waals surface area contributed by atoms with Crippen molar-refractivity contribution in [3.63, 3.8) is 0 Å². The fourth-order valence-electron chi connectivity index (χ4n) is 2.39. The van der Waals surface area contributed by atoms with Gasteiger partial charge in [-0.1, -0.05) is 49.2 Å². The van der Waals surface area contributed by atoms with Crippen molar-refractivity contribution in [2.75, 3.05) is 13.1 Å². The number of nitrogens with one attached hydrogen (secondary N) is 1. The highest BCUT2D eigenvalue weighted by Crippen LogP contribution is 2.31. The number of hydrogen-bond donors (Lipinski definition) is 1. The largest absolute Gasteiger partial charge is 0.316 e. The predicted octanol–water partition coefficient (Wildman–Crippen LogP) is 4.55. The topological polar surface area (TPSA) is 12.0 Å². The molecule has 0 saturated heterocycles. The third-order valence-electron chi connectivity index (χ3n) is 3.29. The van der Waals surface area contributed by atoms with Gasteiger partial charge < -0.3 is 5.32 Å². The van der Waals surface area contributed by atoms with Gasteiger partial charge in [0.15, 0.2) is 0 Å². The second kappa shape index (κ2) is 7.25. The molecular formula is C15H23BrFN. The first-order valence-electron chi connectivity index (χ1n) is 6.65. The molecule has 0 aromatic heterocycles. The lowest BCUT2D eigenvalue weighted by Crippen LogP contribution is -2.33. The highest BCUT2D eigenvalue weighted by Gasteiger charge is 2.24. The van der Waals surface area contributed by atoms with Crippen molar-refractivity contribution in [3.8, 4) is 0 Å². The molecule has 0 aliphatic heterocycles. The van der Waals surface area contributed by atoms with Crippen molar-refractivity contribution >= 4 is 15.9 Å². The molecule has 1 nitrogen and oxygen atoms in total. The zero-order chi connectivity index (χ0) is 13.6. The minimum atomic E-state index is -0.186. The Labute approximate surface area is 118 Å². The Morgan fingerprint density at radius 1 is 1.33 bits per heavy atom. The Morgan fingerprint density at radius 3 is 2.61 bits per heavy atom. The van der Waals surface area contributed by atoms with Gasteiger partial charge in [-0.05, 0) is 42.5 Å². The minimum absolute atomic E-state index is 0.186. The summed E-state index contributed by atoms with van der Waals surface area (Å²) in [4.78, 5) is 0. The van der Waals surface area contributed by atoms with Gasteiger partial charge in [0.2, 0.25) is 0 Å². The molecule has 0 fully saturated rings. The fourth-order valence-corrected chi connectivity index (χ4v) is 2.89. The van der Waals surface area contributed by atoms with Gasteiger partial charge in [-0.3, -0.25) is 0 Å². The van der Waals surface area contributed by atoms with Crippen molar-refractivity contribution in [2.24, 2.45) is 5.41 Å². The molecule has 1 unspecified atom stereocenters. The van der Waals surface area contributed by atoms with E-state index in [1.165, 1.54) is 18.4 Å². The molecule has 0 spiro atoms. The van der Waals surface area contributed by atoms with E-state index >= 15 is 0 Å². The smallest absolute Gasteiger partial charge is 0.124 e. The van der Waals surface area contributed by atoms with Crippen LogP contribution in [0.1, 0.15) is 39.2 Å². The molecule has 0 bridgehead atoms. The highest BCUT2D eigenvalue weighted by atomic mass is 79.9. The van der Waals surface area contributed by atoms with Crippen LogP contribution in [0.4, 0.5) is 4.39 Å². The Hall–Kier alpha value is -0.410. The lowest BCUT2D eigenvalue weighted by atomic mass is 9.79. The molecule has 1 atom stereocenters. The second-order valence-corrected chi connectivity index (χ2v) is 6.11. The Balaban J connectivity index is 2.81. The van der Waals surface area contributed by atoms with Gasteiger partial charge in [0.05, 0.1) is 0 Å². The maximum atomic E-state index is 13.1. The lowest BCUT2D eigenvalue weighted by molar-refractivity contribution is 0.277. The van der Waals surface area contributed by atoms with Crippen LogP contribution in [0.3, 0.4) is 0 Å². The van der Waals surface area contributed by atoms with Crippen molar-refractivity contribution < 1.29 is 4.39 Å². The predicted molar refractivity (Wildman–Crippen MR) is 79.4 cm³/mol. The Bertz CT molecular complexity index is 381. The van der Waals surface area contributed by atoms with Crippen LogP contribution >= 0.6 is 15.9 Å². The summed E-state index contributed by atoms with van der Waals surface area (Å²) >= 11 is 3.46. The second-order valence-electron chi connectivity index (χ2n) is 5.25. The summed E-state index contributed by atoms with van der Waals surface area (Å²) in [5.41, 5.74) is 1.41. The molecule has 1 rings (SSSR count). The van der Waals surface area contributed by atoms with E-state index in [1.807, 2.05) is 6.07 Å². The van der Waals surface area contributed by atoms with E-state index < -0.39 is 0 Å². The molecule has 0 radical (unpaired) electrons. The van der Waals surface area contributed by atoms with Crippen LogP contribution in [0.5, 0.6) is 0 Å². The van der Waals surface area contributed by atoms with Crippen LogP contribution in [0.2, 0.25) is 0 Å². The van der Waals surface area contributed by atoms with Gasteiger partial charge in [-0.2, -0.15) is 0 Å². The number of hydrogen-bond acceptors (Lipinski definition) is 1. The van der Waals surface area contributed by atoms with Crippen LogP contribution in [-0.2, 0) is 6.42 Å². The van der Waals surface area contributed by atoms with Crippen LogP contribution in [0.15, 0.2) is 22.7 Å². The summed E-state index contributed by atoms with van der Waals surface area (Å²) in [6, 6.07) is 4.98. The molecule has 1 aromatic rings. The van der Waals surface area contributed by atoms with Gasteiger partial charge in [0, 0.05) is 11.0 Å². The summed E-state index contributed by atoms with van der Waals surface area (Å²) in [5, 5.41) is 3.44. The van der Waals surface area contributed by atoms with Gasteiger partial charge in [0.1, 0.15) is 5.82 Å². The number of rotatable bonds is 7. The summed E-state index contributed by atoms with van der Waals surface area (Å²) in [6.45, 7) is 8.63. The van der Waals surface area contributed by atoms with Crippen LogP contribution in [0, 0.1) is 11.2 Å². The molecular weight excluding hydrogens is 293 g/mol. The summed E-state index contributed by atoms with van der Waals surface area (Å²) < 4.78 is 14.0. The zero-order valence-corrected chi connectivity index (χ0v) is 13.1. The maximum absolute atomic E-state index is 13.1. The molecule has 0 saturated carbocycles. The van der Waals surface area contributed by atoms with Gasteiger partial charge >= 0.3 is 0 Å². The molecule has 0 amide bonds. The summed E-state index contributed by atoms with van der Waals surface area (Å²) in [7, 11) is 0. The van der Waals surface area contributed by atoms with Crippen molar-refractivity contribution in [3.05, 3.63) is 34.1 Å². The fraction of sp³-hybridized carbons (Fsp3) is 0.600. The van der Waals surface area contributed by atoms with E-state index in [1.54, 1.807) is 12.1 Å². The van der Waals surface area contributed by atoms with E-state index in [-0.39, 0.29) is 11.2 Å². The first-order valence-corrected chi connectivity index (χ1v) is 7.44. The van der Waals surface area contributed by atoms with Gasteiger partial charge in [-0.15, -0.1) is 0 Å². The molecule has 1 N–H and O–H groups in total. The number of benzene rings is 1. The third-order valence-corrected chi connectivity index (χ3v) is 4.03. The SMILES string of the molecule is CCCC(C)(CNCC)Cc1ccc(F)cc1Br. The van der Waals surface area contributed by atoms with Crippen molar-refractivity contribution in [1.82, 2.24) is 5.32 Å². The van der Waals surface area contributed by atoms with Crippen LogP contribution in [-0.4, -0.2) is 13.1 Å². The molecule has 18 heavy (non-hydrogen) atoms. The maximum Gasteiger partial charge on any atom is 0.124 e. The van der Waals surface area contributed by atoms with Gasteiger partial charge in [0.25, 0.3) is 0 Å². The Kier molecular flexibility index (Phi) is 6.30. The third kappa shape index (κ3) is 4.69. The van der Waals surface area contributed by atoms with Crippen LogP contribution in [0.25, 0.3) is 0 Å². The highest BCUT2D eigenvalue weighted by molar-refractivity contribution is 9.10. The Morgan fingerprint density at radius 2 is 2.06 bits per heavy atom. The molecule has 0 heterocycles. The average molecular weight is 316 g/mol. The van der Waals surface area contributed by atoms with Crippen LogP contribution < -0.4 is 5.32 Å². The zero-order valence-electron chi connectivity index (χ0n) is 11.5. The van der Waals surface area contributed by atoms with Crippen molar-refractivity contribution in [1.29, 1.82) is 0 Å². The molecule has 102 valence electrons. The molecule has 1 aromatic carbocycles. The quantitative estimate of drug-likeness (QED) is 0.778. The van der Waals surface area contributed by atoms with E-state index in [4.69, 9.17) is 0 Å². The lowest BCUT2D eigenvalue weighted by Gasteiger charge is -2.30. The normalized spacial score (nSPS) is 14.5. The standard InChI is InChI=1S/C15H23BrFN/c1-4-8-15(3,11-18-5-2)10-12-6-7-13(17)9-14(12)16/h6-7,9,18H,4-5,8,10-11H2,1-3H3. The van der Waals surface area contributed by atoms with E-state index in [0.717, 1.165) is 24.0 Å². The monoisotopic (exact) mass is 315 g/mol. The van der Waals surface area contributed by atoms with E-state index in [2.05, 4.69) is 42.0 Å². The van der Waals surface area contributed by atoms with E-state index in [0.29, 0.717) is 0 Å². The first kappa shape index (κ1) is 15.6. The average Bonchev–Trinajstić information content (AvgIpc) is 2.31.